The molecule has 0 amide bonds. The van der Waals surface area contributed by atoms with Gasteiger partial charge < -0.3 is 61.6 Å². The fraction of sp³-hybridized carbons (Fsp3) is 0.956. The zero-order valence-electron chi connectivity index (χ0n) is 38.5. The molecule has 15 heteroatoms. The van der Waals surface area contributed by atoms with Crippen LogP contribution in [0.15, 0.2) is 0 Å². The van der Waals surface area contributed by atoms with Crippen LogP contribution in [-0.2, 0) is 71.2 Å². The first-order valence-electron chi connectivity index (χ1n) is 23.1. The monoisotopic (exact) mass is 869 g/mol. The van der Waals surface area contributed by atoms with E-state index in [-0.39, 0.29) is 25.0 Å². The maximum absolute atomic E-state index is 11.9. The Morgan fingerprint density at radius 3 is 0.833 bits per heavy atom. The lowest BCUT2D eigenvalue weighted by Gasteiger charge is -2.19. The minimum Gasteiger partial charge on any atom is -0.463 e. The molecule has 0 unspecified atom stereocenters. The van der Waals surface area contributed by atoms with Gasteiger partial charge in [0.25, 0.3) is 0 Å². The normalized spacial score (nSPS) is 11.7. The van der Waals surface area contributed by atoms with Crippen molar-refractivity contribution in [3.05, 3.63) is 0 Å². The van der Waals surface area contributed by atoms with Crippen molar-refractivity contribution in [2.24, 2.45) is 0 Å². The highest BCUT2D eigenvalue weighted by Gasteiger charge is 2.15. The molecule has 0 spiro atoms. The van der Waals surface area contributed by atoms with Crippen LogP contribution in [0.3, 0.4) is 0 Å². The molecule has 0 aromatic heterocycles. The molecule has 60 heavy (non-hydrogen) atoms. The van der Waals surface area contributed by atoms with E-state index in [0.717, 1.165) is 12.8 Å². The lowest BCUT2D eigenvalue weighted by atomic mass is 10.0. The summed E-state index contributed by atoms with van der Waals surface area (Å²) in [7, 11) is 0. The van der Waals surface area contributed by atoms with E-state index in [4.69, 9.17) is 61.6 Å². The summed E-state index contributed by atoms with van der Waals surface area (Å²) in [6.07, 6.45) is 17.5. The summed E-state index contributed by atoms with van der Waals surface area (Å²) >= 11 is 0. The lowest BCUT2D eigenvalue weighted by molar-refractivity contribution is -0.156. The third-order valence-corrected chi connectivity index (χ3v) is 8.57. The summed E-state index contributed by atoms with van der Waals surface area (Å²) in [6, 6.07) is 0. The van der Waals surface area contributed by atoms with E-state index < -0.39 is 5.60 Å². The van der Waals surface area contributed by atoms with Crippen molar-refractivity contribution >= 4 is 11.9 Å². The number of carbonyl (C=O) groups excluding carboxylic acids is 2. The Morgan fingerprint density at radius 2 is 0.550 bits per heavy atom. The zero-order valence-corrected chi connectivity index (χ0v) is 38.5. The average molecular weight is 869 g/mol. The van der Waals surface area contributed by atoms with Gasteiger partial charge in [0.2, 0.25) is 0 Å². The van der Waals surface area contributed by atoms with Gasteiger partial charge in [0, 0.05) is 6.42 Å². The van der Waals surface area contributed by atoms with E-state index in [0.29, 0.717) is 152 Å². The highest BCUT2D eigenvalue weighted by atomic mass is 16.6. The lowest BCUT2D eigenvalue weighted by Crippen LogP contribution is -2.24. The van der Waals surface area contributed by atoms with Crippen molar-refractivity contribution in [2.45, 2.75) is 130 Å². The van der Waals surface area contributed by atoms with Gasteiger partial charge in [0.1, 0.15) is 12.2 Å². The van der Waals surface area contributed by atoms with E-state index in [1.165, 1.54) is 70.6 Å². The first kappa shape index (κ1) is 58.5. The molecule has 0 saturated heterocycles. The van der Waals surface area contributed by atoms with Crippen LogP contribution < -0.4 is 0 Å². The average Bonchev–Trinajstić information content (AvgIpc) is 3.21. The van der Waals surface area contributed by atoms with Gasteiger partial charge in [-0.15, -0.1) is 0 Å². The summed E-state index contributed by atoms with van der Waals surface area (Å²) in [5.41, 5.74) is -0.478. The summed E-state index contributed by atoms with van der Waals surface area (Å²) in [5, 5.41) is 0. The molecule has 0 heterocycles. The Hall–Kier alpha value is -1.50. The van der Waals surface area contributed by atoms with Gasteiger partial charge in [-0.25, -0.2) is 0 Å². The molecule has 15 nitrogen and oxygen atoms in total. The number of hydrogen-bond acceptors (Lipinski definition) is 15. The minimum absolute atomic E-state index is 0.136. The number of hydrogen-bond donors (Lipinski definition) is 0. The number of unbranched alkanes of at least 4 members (excludes halogenated alkanes) is 12. The van der Waals surface area contributed by atoms with Crippen molar-refractivity contribution in [1.29, 1.82) is 0 Å². The van der Waals surface area contributed by atoms with Crippen LogP contribution in [0.1, 0.15) is 124 Å². The predicted octanol–water partition coefficient (Wildman–Crippen LogP) is 6.93. The first-order valence-corrected chi connectivity index (χ1v) is 23.1. The number of rotatable bonds is 50. The topological polar surface area (TPSA) is 154 Å². The molecule has 0 atom stereocenters. The van der Waals surface area contributed by atoms with Gasteiger partial charge in [-0.2, -0.15) is 0 Å². The van der Waals surface area contributed by atoms with Crippen LogP contribution in [0.5, 0.6) is 0 Å². The smallest absolute Gasteiger partial charge is 0.308 e. The summed E-state index contributed by atoms with van der Waals surface area (Å²) in [6.45, 7) is 18.3. The molecule has 0 aromatic rings. The van der Waals surface area contributed by atoms with E-state index in [2.05, 4.69) is 6.92 Å². The van der Waals surface area contributed by atoms with Crippen LogP contribution in [0.25, 0.3) is 0 Å². The van der Waals surface area contributed by atoms with Crippen LogP contribution in [0.4, 0.5) is 0 Å². The Kier molecular flexibility index (Phi) is 47.3. The van der Waals surface area contributed by atoms with Crippen LogP contribution in [-0.4, -0.2) is 169 Å². The highest BCUT2D eigenvalue weighted by molar-refractivity contribution is 5.70. The molecular formula is C45H88O15. The minimum atomic E-state index is -0.478. The molecule has 0 radical (unpaired) electrons. The number of ether oxygens (including phenoxy) is 13. The molecule has 358 valence electrons. The van der Waals surface area contributed by atoms with Gasteiger partial charge in [-0.1, -0.05) is 84.0 Å². The molecular weight excluding hydrogens is 780 g/mol. The largest absolute Gasteiger partial charge is 0.463 e. The maximum atomic E-state index is 11.9. The van der Waals surface area contributed by atoms with Crippen LogP contribution in [0.2, 0.25) is 0 Å². The maximum Gasteiger partial charge on any atom is 0.308 e. The van der Waals surface area contributed by atoms with Gasteiger partial charge in [0.15, 0.2) is 0 Å². The number of carbonyl (C=O) groups is 2. The summed E-state index contributed by atoms with van der Waals surface area (Å²) in [5.74, 6) is -0.403. The van der Waals surface area contributed by atoms with Crippen molar-refractivity contribution in [3.8, 4) is 0 Å². The molecule has 0 bridgehead atoms. The second-order valence-corrected chi connectivity index (χ2v) is 15.3. The molecule has 0 saturated carbocycles. The zero-order chi connectivity index (χ0) is 43.7. The van der Waals surface area contributed by atoms with Gasteiger partial charge in [0.05, 0.1) is 152 Å². The van der Waals surface area contributed by atoms with Crippen molar-refractivity contribution in [1.82, 2.24) is 0 Å². The third kappa shape index (κ3) is 52.6. The molecule has 0 rings (SSSR count). The van der Waals surface area contributed by atoms with E-state index in [1.54, 1.807) is 0 Å². The van der Waals surface area contributed by atoms with E-state index >= 15 is 0 Å². The number of esters is 2. The Bertz CT molecular complexity index is 874. The Balaban J connectivity index is 3.15. The fourth-order valence-corrected chi connectivity index (χ4v) is 5.42. The molecule has 0 aliphatic heterocycles. The Morgan fingerprint density at radius 1 is 0.300 bits per heavy atom. The van der Waals surface area contributed by atoms with Crippen LogP contribution in [0, 0.1) is 0 Å². The van der Waals surface area contributed by atoms with Gasteiger partial charge in [-0.05, 0) is 27.2 Å². The predicted molar refractivity (Wildman–Crippen MR) is 231 cm³/mol. The molecule has 0 fully saturated rings. The second kappa shape index (κ2) is 48.5. The Labute approximate surface area is 364 Å². The van der Waals surface area contributed by atoms with Gasteiger partial charge in [-0.3, -0.25) is 9.59 Å². The standard InChI is InChI=1S/C45H88O15/c1-5-6-7-8-9-10-11-12-13-14-15-16-17-18-43(46)59-42-41-58-40-39-57-38-37-56-36-35-55-34-33-54-32-31-53-30-29-52-28-27-51-26-25-50-24-23-49-22-21-48-20-19-44(47)60-45(2,3)4/h5-42H2,1-4H3. The SMILES string of the molecule is CCCCCCCCCCCCCCCC(=O)OCCOCCOCCOCCOCCOCCOCCOCCOCCOCCOCCOCCC(=O)OC(C)(C)C. The second-order valence-electron chi connectivity index (χ2n) is 15.3. The molecule has 0 aliphatic rings. The van der Waals surface area contributed by atoms with Crippen molar-refractivity contribution in [2.75, 3.05) is 152 Å². The molecule has 0 N–H and O–H groups in total. The van der Waals surface area contributed by atoms with Crippen molar-refractivity contribution < 1.29 is 71.2 Å². The fourth-order valence-electron chi connectivity index (χ4n) is 5.42. The third-order valence-electron chi connectivity index (χ3n) is 8.57. The molecule has 0 aliphatic carbocycles. The highest BCUT2D eigenvalue weighted by Crippen LogP contribution is 2.13. The van der Waals surface area contributed by atoms with Crippen LogP contribution >= 0.6 is 0 Å². The summed E-state index contributed by atoms with van der Waals surface area (Å²) < 4.78 is 70.7. The van der Waals surface area contributed by atoms with E-state index in [9.17, 15) is 9.59 Å². The first-order chi connectivity index (χ1) is 29.3. The van der Waals surface area contributed by atoms with Gasteiger partial charge >= 0.3 is 11.9 Å². The quantitative estimate of drug-likeness (QED) is 0.0459. The van der Waals surface area contributed by atoms with E-state index in [1.807, 2.05) is 20.8 Å². The summed E-state index contributed by atoms with van der Waals surface area (Å²) in [4.78, 5) is 23.5. The van der Waals surface area contributed by atoms with Crippen molar-refractivity contribution in [3.63, 3.8) is 0 Å². The molecule has 0 aromatic carbocycles.